The van der Waals surface area contributed by atoms with Crippen LogP contribution >= 0.6 is 0 Å². The third-order valence-corrected chi connectivity index (χ3v) is 3.67. The van der Waals surface area contributed by atoms with E-state index < -0.39 is 0 Å². The molecule has 0 aliphatic carbocycles. The number of hydrogen-bond donors (Lipinski definition) is 1. The van der Waals surface area contributed by atoms with Gasteiger partial charge in [-0.15, -0.1) is 0 Å². The first-order valence-corrected chi connectivity index (χ1v) is 6.35. The predicted molar refractivity (Wildman–Crippen MR) is 68.4 cm³/mol. The first-order chi connectivity index (χ1) is 8.16. The SMILES string of the molecule is CN1CC(C)(Oc2cccc3c2CNCC3)C1. The normalized spacial score (nSPS) is 22.7. The van der Waals surface area contributed by atoms with Crippen molar-refractivity contribution in [1.82, 2.24) is 10.2 Å². The van der Waals surface area contributed by atoms with Gasteiger partial charge in [-0.2, -0.15) is 0 Å². The van der Waals surface area contributed by atoms with E-state index in [1.165, 1.54) is 11.1 Å². The molecule has 0 amide bonds. The molecule has 0 atom stereocenters. The summed E-state index contributed by atoms with van der Waals surface area (Å²) in [5, 5.41) is 3.42. The lowest BCUT2D eigenvalue weighted by Crippen LogP contribution is -2.61. The molecule has 3 heteroatoms. The molecule has 0 unspecified atom stereocenters. The van der Waals surface area contributed by atoms with Crippen molar-refractivity contribution in [3.05, 3.63) is 29.3 Å². The van der Waals surface area contributed by atoms with Crippen LogP contribution < -0.4 is 10.1 Å². The topological polar surface area (TPSA) is 24.5 Å². The van der Waals surface area contributed by atoms with Gasteiger partial charge in [-0.05, 0) is 38.6 Å². The van der Waals surface area contributed by atoms with Crippen molar-refractivity contribution in [3.63, 3.8) is 0 Å². The molecule has 2 aliphatic rings. The first kappa shape index (κ1) is 11.1. The second-order valence-corrected chi connectivity index (χ2v) is 5.54. The van der Waals surface area contributed by atoms with Gasteiger partial charge in [0.15, 0.2) is 0 Å². The minimum absolute atomic E-state index is 0.00131. The van der Waals surface area contributed by atoms with E-state index in [1.807, 2.05) is 0 Å². The third-order valence-electron chi connectivity index (χ3n) is 3.67. The van der Waals surface area contributed by atoms with Crippen molar-refractivity contribution in [2.45, 2.75) is 25.5 Å². The number of nitrogens with one attached hydrogen (secondary N) is 1. The molecule has 1 aromatic carbocycles. The molecule has 1 fully saturated rings. The Kier molecular flexibility index (Phi) is 2.60. The number of likely N-dealkylation sites (N-methyl/N-ethyl adjacent to an activating group) is 1. The van der Waals surface area contributed by atoms with Crippen LogP contribution in [0.4, 0.5) is 0 Å². The van der Waals surface area contributed by atoms with Crippen molar-refractivity contribution in [1.29, 1.82) is 0 Å². The highest BCUT2D eigenvalue weighted by molar-refractivity contribution is 5.42. The molecule has 2 heterocycles. The fraction of sp³-hybridized carbons (Fsp3) is 0.571. The van der Waals surface area contributed by atoms with E-state index in [0.717, 1.165) is 38.3 Å². The Balaban J connectivity index is 1.83. The maximum absolute atomic E-state index is 6.22. The summed E-state index contributed by atoms with van der Waals surface area (Å²) in [5.74, 6) is 1.07. The van der Waals surface area contributed by atoms with E-state index in [2.05, 4.69) is 42.4 Å². The van der Waals surface area contributed by atoms with Gasteiger partial charge < -0.3 is 10.1 Å². The Morgan fingerprint density at radius 1 is 1.35 bits per heavy atom. The summed E-state index contributed by atoms with van der Waals surface area (Å²) in [6.07, 6.45) is 1.11. The van der Waals surface area contributed by atoms with E-state index in [0.29, 0.717) is 0 Å². The van der Waals surface area contributed by atoms with E-state index in [1.54, 1.807) is 0 Å². The van der Waals surface area contributed by atoms with Crippen molar-refractivity contribution in [2.75, 3.05) is 26.7 Å². The van der Waals surface area contributed by atoms with E-state index in [4.69, 9.17) is 4.74 Å². The Labute approximate surface area is 103 Å². The highest BCUT2D eigenvalue weighted by atomic mass is 16.5. The van der Waals surface area contributed by atoms with Gasteiger partial charge >= 0.3 is 0 Å². The summed E-state index contributed by atoms with van der Waals surface area (Å²) in [5.41, 5.74) is 2.80. The van der Waals surface area contributed by atoms with Crippen LogP contribution in [0.15, 0.2) is 18.2 Å². The molecule has 0 aromatic heterocycles. The number of benzene rings is 1. The number of likely N-dealkylation sites (tertiary alicyclic amines) is 1. The van der Waals surface area contributed by atoms with Gasteiger partial charge in [-0.1, -0.05) is 12.1 Å². The first-order valence-electron chi connectivity index (χ1n) is 6.35. The molecule has 1 aromatic rings. The van der Waals surface area contributed by atoms with Gasteiger partial charge in [0.1, 0.15) is 11.4 Å². The molecule has 0 saturated carbocycles. The average Bonchev–Trinajstić information content (AvgIpc) is 2.28. The van der Waals surface area contributed by atoms with Gasteiger partial charge in [-0.25, -0.2) is 0 Å². The molecule has 1 N–H and O–H groups in total. The Hall–Kier alpha value is -1.06. The second-order valence-electron chi connectivity index (χ2n) is 5.54. The lowest BCUT2D eigenvalue weighted by Gasteiger charge is -2.46. The molecule has 0 bridgehead atoms. The molecule has 92 valence electrons. The average molecular weight is 232 g/mol. The maximum atomic E-state index is 6.22. The van der Waals surface area contributed by atoms with E-state index in [-0.39, 0.29) is 5.60 Å². The predicted octanol–water partition coefficient (Wildman–Crippen LogP) is 1.42. The fourth-order valence-electron chi connectivity index (χ4n) is 3.00. The minimum Gasteiger partial charge on any atom is -0.485 e. The number of fused-ring (bicyclic) bond motifs is 1. The van der Waals surface area contributed by atoms with Crippen LogP contribution in [0, 0.1) is 0 Å². The van der Waals surface area contributed by atoms with Crippen molar-refractivity contribution in [3.8, 4) is 5.75 Å². The summed E-state index contributed by atoms with van der Waals surface area (Å²) >= 11 is 0. The molecule has 3 rings (SSSR count). The zero-order valence-corrected chi connectivity index (χ0v) is 10.6. The molecular weight excluding hydrogens is 212 g/mol. The summed E-state index contributed by atoms with van der Waals surface area (Å²) in [7, 11) is 2.13. The van der Waals surface area contributed by atoms with Gasteiger partial charge in [0, 0.05) is 25.2 Å². The smallest absolute Gasteiger partial charge is 0.131 e. The molecule has 0 spiro atoms. The fourth-order valence-corrected chi connectivity index (χ4v) is 3.00. The molecule has 1 saturated heterocycles. The van der Waals surface area contributed by atoms with Crippen LogP contribution in [0.3, 0.4) is 0 Å². The van der Waals surface area contributed by atoms with Crippen LogP contribution in [0.2, 0.25) is 0 Å². The number of hydrogen-bond acceptors (Lipinski definition) is 3. The quantitative estimate of drug-likeness (QED) is 0.834. The van der Waals surface area contributed by atoms with E-state index >= 15 is 0 Å². The summed E-state index contributed by atoms with van der Waals surface area (Å²) < 4.78 is 6.22. The third kappa shape index (κ3) is 2.05. The standard InChI is InChI=1S/C14H20N2O/c1-14(9-16(2)10-14)17-13-5-3-4-11-6-7-15-8-12(11)13/h3-5,15H,6-10H2,1-2H3. The zero-order chi connectivity index (χ0) is 11.9. The van der Waals surface area contributed by atoms with Crippen LogP contribution in [0.25, 0.3) is 0 Å². The molecule has 3 nitrogen and oxygen atoms in total. The largest absolute Gasteiger partial charge is 0.485 e. The summed E-state index contributed by atoms with van der Waals surface area (Å²) in [6.45, 7) is 6.25. The van der Waals surface area contributed by atoms with Gasteiger partial charge in [0.2, 0.25) is 0 Å². The van der Waals surface area contributed by atoms with Crippen LogP contribution in [-0.4, -0.2) is 37.2 Å². The monoisotopic (exact) mass is 232 g/mol. The van der Waals surface area contributed by atoms with Crippen molar-refractivity contribution in [2.24, 2.45) is 0 Å². The molecular formula is C14H20N2O. The Morgan fingerprint density at radius 3 is 2.94 bits per heavy atom. The summed E-state index contributed by atoms with van der Waals surface area (Å²) in [4.78, 5) is 2.29. The second kappa shape index (κ2) is 4.00. The lowest BCUT2D eigenvalue weighted by molar-refractivity contribution is -0.0502. The van der Waals surface area contributed by atoms with Crippen molar-refractivity contribution < 1.29 is 4.74 Å². The Morgan fingerprint density at radius 2 is 2.18 bits per heavy atom. The highest BCUT2D eigenvalue weighted by Gasteiger charge is 2.39. The maximum Gasteiger partial charge on any atom is 0.131 e. The minimum atomic E-state index is 0.00131. The van der Waals surface area contributed by atoms with Gasteiger partial charge in [0.05, 0.1) is 0 Å². The van der Waals surface area contributed by atoms with Crippen molar-refractivity contribution >= 4 is 0 Å². The van der Waals surface area contributed by atoms with Gasteiger partial charge in [-0.3, -0.25) is 4.90 Å². The zero-order valence-electron chi connectivity index (χ0n) is 10.6. The van der Waals surface area contributed by atoms with Gasteiger partial charge in [0.25, 0.3) is 0 Å². The molecule has 17 heavy (non-hydrogen) atoms. The lowest BCUT2D eigenvalue weighted by atomic mass is 9.96. The number of ether oxygens (including phenoxy) is 1. The Bertz CT molecular complexity index is 424. The molecule has 0 radical (unpaired) electrons. The molecule has 2 aliphatic heterocycles. The summed E-state index contributed by atoms with van der Waals surface area (Å²) in [6, 6.07) is 6.44. The number of nitrogens with zero attached hydrogens (tertiary/aromatic N) is 1. The van der Waals surface area contributed by atoms with Crippen LogP contribution in [0.5, 0.6) is 5.75 Å². The number of rotatable bonds is 2. The highest BCUT2D eigenvalue weighted by Crippen LogP contribution is 2.31. The van der Waals surface area contributed by atoms with Crippen LogP contribution in [-0.2, 0) is 13.0 Å². The van der Waals surface area contributed by atoms with Crippen LogP contribution in [0.1, 0.15) is 18.1 Å². The van der Waals surface area contributed by atoms with E-state index in [9.17, 15) is 0 Å².